The van der Waals surface area contributed by atoms with Gasteiger partial charge in [-0.2, -0.15) is 13.2 Å². The van der Waals surface area contributed by atoms with E-state index in [9.17, 15) is 13.2 Å². The summed E-state index contributed by atoms with van der Waals surface area (Å²) < 4.78 is 44.0. The molecular weight excluding hydrogens is 359 g/mol. The Hall–Kier alpha value is -1.95. The molecule has 1 heterocycles. The Balaban J connectivity index is 1.68. The summed E-state index contributed by atoms with van der Waals surface area (Å²) in [6.07, 6.45) is -1.17. The van der Waals surface area contributed by atoms with Crippen molar-refractivity contribution in [1.82, 2.24) is 0 Å². The third-order valence-corrected chi connectivity index (χ3v) is 3.69. The fourth-order valence-electron chi connectivity index (χ4n) is 2.10. The number of hydrogen-bond donors (Lipinski definition) is 1. The first-order chi connectivity index (χ1) is 10.4. The maximum atomic E-state index is 12.5. The summed E-state index contributed by atoms with van der Waals surface area (Å²) in [5.41, 5.74) is 0.901. The number of benzene rings is 2. The van der Waals surface area contributed by atoms with Crippen LogP contribution in [0.1, 0.15) is 11.1 Å². The average molecular weight is 370 g/mol. The second-order valence-corrected chi connectivity index (χ2v) is 5.72. The van der Waals surface area contributed by atoms with Crippen LogP contribution in [0.3, 0.4) is 0 Å². The van der Waals surface area contributed by atoms with Gasteiger partial charge in [-0.3, -0.25) is 0 Å². The zero-order chi connectivity index (χ0) is 15.7. The van der Waals surface area contributed by atoms with Gasteiger partial charge in [0.05, 0.1) is 11.3 Å². The molecule has 114 valence electrons. The van der Waals surface area contributed by atoms with Gasteiger partial charge in [-0.1, -0.05) is 34.1 Å². The van der Waals surface area contributed by atoms with Crippen molar-refractivity contribution in [1.29, 1.82) is 0 Å². The van der Waals surface area contributed by atoms with E-state index in [1.807, 2.05) is 18.2 Å². The molecule has 0 saturated carbocycles. The van der Waals surface area contributed by atoms with Gasteiger partial charge < -0.3 is 10.1 Å². The molecule has 1 aliphatic heterocycles. The van der Waals surface area contributed by atoms with E-state index >= 15 is 0 Å². The molecule has 6 heteroatoms. The van der Waals surface area contributed by atoms with Gasteiger partial charge in [-0.15, -0.1) is 0 Å². The Morgan fingerprint density at radius 1 is 1.09 bits per heavy atom. The summed E-state index contributed by atoms with van der Waals surface area (Å²) in [7, 11) is 0. The number of rotatable bonds is 2. The van der Waals surface area contributed by atoms with Crippen molar-refractivity contribution in [2.24, 2.45) is 0 Å². The Labute approximate surface area is 133 Å². The zero-order valence-corrected chi connectivity index (χ0v) is 12.8. The van der Waals surface area contributed by atoms with Crippen molar-refractivity contribution in [2.75, 3.05) is 5.32 Å². The van der Waals surface area contributed by atoms with Gasteiger partial charge in [-0.25, -0.2) is 0 Å². The lowest BCUT2D eigenvalue weighted by Crippen LogP contribution is -2.16. The highest BCUT2D eigenvalue weighted by atomic mass is 79.9. The molecule has 2 nitrogen and oxygen atoms in total. The highest BCUT2D eigenvalue weighted by molar-refractivity contribution is 9.10. The predicted molar refractivity (Wildman–Crippen MR) is 82.7 cm³/mol. The second kappa shape index (κ2) is 5.68. The third-order valence-electron chi connectivity index (χ3n) is 3.20. The Kier molecular flexibility index (Phi) is 3.87. The van der Waals surface area contributed by atoms with E-state index in [-0.39, 0.29) is 6.23 Å². The van der Waals surface area contributed by atoms with Gasteiger partial charge >= 0.3 is 6.18 Å². The van der Waals surface area contributed by atoms with Crippen LogP contribution in [0.2, 0.25) is 0 Å². The van der Waals surface area contributed by atoms with E-state index in [0.29, 0.717) is 5.56 Å². The van der Waals surface area contributed by atoms with Crippen LogP contribution in [0.15, 0.2) is 53.0 Å². The number of anilines is 1. The molecule has 2 aromatic carbocycles. The Morgan fingerprint density at radius 3 is 2.50 bits per heavy atom. The van der Waals surface area contributed by atoms with Crippen molar-refractivity contribution in [2.45, 2.75) is 12.4 Å². The van der Waals surface area contributed by atoms with Gasteiger partial charge in [0.1, 0.15) is 5.75 Å². The highest BCUT2D eigenvalue weighted by Crippen LogP contribution is 2.34. The molecule has 1 aliphatic rings. The minimum atomic E-state index is -4.31. The smallest absolute Gasteiger partial charge is 0.416 e. The van der Waals surface area contributed by atoms with Gasteiger partial charge in [0.15, 0.2) is 6.23 Å². The fourth-order valence-corrected chi connectivity index (χ4v) is 2.44. The summed E-state index contributed by atoms with van der Waals surface area (Å²) >= 11 is 3.37. The number of halogens is 4. The number of ether oxygens (including phenoxy) is 1. The average Bonchev–Trinajstić information content (AvgIpc) is 2.86. The number of fused-ring (bicyclic) bond motifs is 1. The maximum absolute atomic E-state index is 12.5. The molecule has 0 radical (unpaired) electrons. The molecule has 0 amide bonds. The molecule has 0 fully saturated rings. The first-order valence-corrected chi connectivity index (χ1v) is 7.29. The minimum absolute atomic E-state index is 0.341. The van der Waals surface area contributed by atoms with Crippen LogP contribution in [0, 0.1) is 0 Å². The summed E-state index contributed by atoms with van der Waals surface area (Å²) in [5.74, 6) is 0.733. The van der Waals surface area contributed by atoms with Crippen LogP contribution in [0.25, 0.3) is 6.08 Å². The maximum Gasteiger partial charge on any atom is 0.416 e. The molecule has 3 rings (SSSR count). The van der Waals surface area contributed by atoms with Crippen LogP contribution < -0.4 is 10.1 Å². The molecule has 1 unspecified atom stereocenters. The molecule has 1 atom stereocenters. The van der Waals surface area contributed by atoms with Gasteiger partial charge in [0.25, 0.3) is 0 Å². The second-order valence-electron chi connectivity index (χ2n) is 4.80. The van der Waals surface area contributed by atoms with Crippen LogP contribution in [0.5, 0.6) is 5.75 Å². The summed E-state index contributed by atoms with van der Waals surface area (Å²) in [6.45, 7) is 0. The van der Waals surface area contributed by atoms with Crippen molar-refractivity contribution in [3.63, 3.8) is 0 Å². The molecule has 1 N–H and O–H groups in total. The lowest BCUT2D eigenvalue weighted by atomic mass is 10.1. The van der Waals surface area contributed by atoms with Gasteiger partial charge in [0, 0.05) is 4.47 Å². The largest absolute Gasteiger partial charge is 0.465 e. The first-order valence-electron chi connectivity index (χ1n) is 6.50. The van der Waals surface area contributed by atoms with Crippen LogP contribution >= 0.6 is 15.9 Å². The van der Waals surface area contributed by atoms with E-state index in [0.717, 1.165) is 28.0 Å². The number of alkyl halides is 3. The number of hydrogen-bond acceptors (Lipinski definition) is 2. The highest BCUT2D eigenvalue weighted by Gasteiger charge is 2.29. The summed E-state index contributed by atoms with van der Waals surface area (Å²) in [5, 5.41) is 3.16. The quantitative estimate of drug-likeness (QED) is 0.774. The zero-order valence-electron chi connectivity index (χ0n) is 11.2. The molecule has 0 bridgehead atoms. The molecule has 0 aliphatic carbocycles. The van der Waals surface area contributed by atoms with Gasteiger partial charge in [0.2, 0.25) is 0 Å². The van der Waals surface area contributed by atoms with Gasteiger partial charge in [-0.05, 0) is 42.0 Å². The molecule has 0 saturated heterocycles. The molecule has 22 heavy (non-hydrogen) atoms. The third kappa shape index (κ3) is 3.27. The van der Waals surface area contributed by atoms with E-state index in [1.165, 1.54) is 12.1 Å². The van der Waals surface area contributed by atoms with Crippen LogP contribution in [-0.2, 0) is 6.18 Å². The molecule has 0 spiro atoms. The first kappa shape index (κ1) is 15.0. The standard InChI is InChI=1S/C16H11BrF3NO/c17-12-6-7-13-14(9-12)22-15(21-13)8-3-10-1-4-11(5-2-10)16(18,19)20/h1-9,15,21H. The fraction of sp³-hybridized carbons (Fsp3) is 0.125. The van der Waals surface area contributed by atoms with Crippen molar-refractivity contribution in [3.05, 3.63) is 64.1 Å². The van der Waals surface area contributed by atoms with E-state index in [1.54, 1.807) is 12.2 Å². The summed E-state index contributed by atoms with van der Waals surface area (Å²) in [6, 6.07) is 10.6. The van der Waals surface area contributed by atoms with Crippen molar-refractivity contribution in [3.8, 4) is 5.75 Å². The van der Waals surface area contributed by atoms with Crippen molar-refractivity contribution >= 4 is 27.7 Å². The lowest BCUT2D eigenvalue weighted by molar-refractivity contribution is -0.137. The van der Waals surface area contributed by atoms with Crippen LogP contribution in [0.4, 0.5) is 18.9 Å². The topological polar surface area (TPSA) is 21.3 Å². The molecule has 0 aromatic heterocycles. The Morgan fingerprint density at radius 2 is 1.82 bits per heavy atom. The van der Waals surface area contributed by atoms with E-state index < -0.39 is 11.7 Å². The Bertz CT molecular complexity index is 710. The minimum Gasteiger partial charge on any atom is -0.465 e. The number of nitrogens with one attached hydrogen (secondary N) is 1. The summed E-state index contributed by atoms with van der Waals surface area (Å²) in [4.78, 5) is 0. The van der Waals surface area contributed by atoms with E-state index in [2.05, 4.69) is 21.2 Å². The van der Waals surface area contributed by atoms with Crippen molar-refractivity contribution < 1.29 is 17.9 Å². The monoisotopic (exact) mass is 369 g/mol. The van der Waals surface area contributed by atoms with E-state index in [4.69, 9.17) is 4.74 Å². The SMILES string of the molecule is FC(F)(F)c1ccc(C=CC2Nc3ccc(Br)cc3O2)cc1. The molecular formula is C16H11BrF3NO. The van der Waals surface area contributed by atoms with Crippen LogP contribution in [-0.4, -0.2) is 6.23 Å². The molecule has 2 aromatic rings. The predicted octanol–water partition coefficient (Wildman–Crippen LogP) is 5.31. The lowest BCUT2D eigenvalue weighted by Gasteiger charge is -2.07. The normalized spacial score (nSPS) is 17.2.